The number of carbonyl (C=O) groups excluding carboxylic acids is 1. The van der Waals surface area contributed by atoms with Crippen molar-refractivity contribution in [3.63, 3.8) is 0 Å². The van der Waals surface area contributed by atoms with Crippen molar-refractivity contribution in [2.24, 2.45) is 0 Å². The third-order valence-corrected chi connectivity index (χ3v) is 4.60. The van der Waals surface area contributed by atoms with Gasteiger partial charge in [-0.25, -0.2) is 17.2 Å². The van der Waals surface area contributed by atoms with E-state index in [1.165, 1.54) is 6.20 Å². The van der Waals surface area contributed by atoms with E-state index in [2.05, 4.69) is 4.98 Å². The van der Waals surface area contributed by atoms with E-state index in [4.69, 9.17) is 0 Å². The lowest BCUT2D eigenvalue weighted by molar-refractivity contribution is 0.0946. The van der Waals surface area contributed by atoms with Crippen molar-refractivity contribution in [3.8, 4) is 0 Å². The maximum absolute atomic E-state index is 13.6. The van der Waals surface area contributed by atoms with E-state index in [0.717, 1.165) is 12.1 Å². The van der Waals surface area contributed by atoms with Gasteiger partial charge in [0.25, 0.3) is 15.9 Å². The zero-order valence-electron chi connectivity index (χ0n) is 12.0. The molecule has 124 valence electrons. The minimum absolute atomic E-state index is 0.216. The van der Waals surface area contributed by atoms with Crippen molar-refractivity contribution in [2.45, 2.75) is 4.90 Å². The Morgan fingerprint density at radius 1 is 1.08 bits per heavy atom. The van der Waals surface area contributed by atoms with E-state index in [1.54, 1.807) is 29.1 Å². The fourth-order valence-corrected chi connectivity index (χ4v) is 3.09. The molecular weight excluding hydrogens is 340 g/mol. The Balaban J connectivity index is 1.80. The average Bonchev–Trinajstić information content (AvgIpc) is 2.96. The van der Waals surface area contributed by atoms with Gasteiger partial charge in [0.15, 0.2) is 0 Å². The second kappa shape index (κ2) is 6.02. The minimum Gasteiger partial charge on any atom is -0.360 e. The Labute approximate surface area is 135 Å². The highest BCUT2D eigenvalue weighted by Gasteiger charge is 2.21. The van der Waals surface area contributed by atoms with E-state index in [9.17, 15) is 22.0 Å². The van der Waals surface area contributed by atoms with Crippen LogP contribution in [0.2, 0.25) is 0 Å². The van der Waals surface area contributed by atoms with E-state index in [0.29, 0.717) is 17.0 Å². The molecule has 0 bridgehead atoms. The summed E-state index contributed by atoms with van der Waals surface area (Å²) in [5.74, 6) is -2.89. The van der Waals surface area contributed by atoms with Crippen LogP contribution >= 0.6 is 0 Å². The summed E-state index contributed by atoms with van der Waals surface area (Å²) >= 11 is 0. The lowest BCUT2D eigenvalue weighted by Crippen LogP contribution is -2.41. The number of hydrogen-bond acceptors (Lipinski definition) is 3. The molecule has 0 saturated heterocycles. The van der Waals surface area contributed by atoms with Crippen LogP contribution in [0.25, 0.3) is 10.9 Å². The largest absolute Gasteiger partial charge is 0.360 e. The number of halogens is 2. The lowest BCUT2D eigenvalue weighted by Gasteiger charge is -2.09. The molecule has 0 spiro atoms. The molecule has 0 fully saturated rings. The maximum Gasteiger partial charge on any atom is 0.268 e. The topological polar surface area (TPSA) is 91.1 Å². The fraction of sp³-hybridized carbons (Fsp3) is 0. The molecule has 0 aliphatic heterocycles. The molecule has 3 N–H and O–H groups in total. The standard InChI is InChI=1S/C15H11F2N3O3S/c16-9-5-6-14(12(17)7-9)24(22,23)20-19-15(21)11-8-18-13-4-2-1-3-10(11)13/h1-8,18,20H,(H,19,21). The van der Waals surface area contributed by atoms with Gasteiger partial charge in [-0.3, -0.25) is 10.2 Å². The highest BCUT2D eigenvalue weighted by molar-refractivity contribution is 7.89. The number of aromatic nitrogens is 1. The van der Waals surface area contributed by atoms with E-state index in [1.807, 2.05) is 5.43 Å². The van der Waals surface area contributed by atoms with E-state index in [-0.39, 0.29) is 5.56 Å². The molecule has 3 rings (SSSR count). The van der Waals surface area contributed by atoms with Crippen LogP contribution in [-0.4, -0.2) is 19.3 Å². The number of benzene rings is 2. The smallest absolute Gasteiger partial charge is 0.268 e. The van der Waals surface area contributed by atoms with Crippen LogP contribution < -0.4 is 10.3 Å². The predicted octanol–water partition coefficient (Wildman–Crippen LogP) is 2.07. The number of aromatic amines is 1. The van der Waals surface area contributed by atoms with Crippen LogP contribution in [0.4, 0.5) is 8.78 Å². The van der Waals surface area contributed by atoms with Gasteiger partial charge in [-0.2, -0.15) is 0 Å². The molecule has 1 aromatic heterocycles. The first-order valence-corrected chi connectivity index (χ1v) is 8.20. The van der Waals surface area contributed by atoms with E-state index < -0.39 is 32.5 Å². The normalized spacial score (nSPS) is 11.6. The Bertz CT molecular complexity index is 1030. The minimum atomic E-state index is -4.38. The number of hydrogen-bond donors (Lipinski definition) is 3. The first kappa shape index (κ1) is 16.1. The lowest BCUT2D eigenvalue weighted by atomic mass is 10.2. The van der Waals surface area contributed by atoms with Gasteiger partial charge in [0.1, 0.15) is 16.5 Å². The van der Waals surface area contributed by atoms with Crippen molar-refractivity contribution < 1.29 is 22.0 Å². The Hall–Kier alpha value is -2.78. The third kappa shape index (κ3) is 2.99. The summed E-state index contributed by atoms with van der Waals surface area (Å²) in [6.45, 7) is 0. The number of hydrazine groups is 1. The number of rotatable bonds is 4. The number of H-pyrrole nitrogens is 1. The Morgan fingerprint density at radius 3 is 2.58 bits per heavy atom. The number of nitrogens with one attached hydrogen (secondary N) is 3. The zero-order chi connectivity index (χ0) is 17.3. The molecule has 24 heavy (non-hydrogen) atoms. The average molecular weight is 351 g/mol. The van der Waals surface area contributed by atoms with Gasteiger partial charge >= 0.3 is 0 Å². The summed E-state index contributed by atoms with van der Waals surface area (Å²) in [5, 5.41) is 0.599. The maximum atomic E-state index is 13.6. The monoisotopic (exact) mass is 351 g/mol. The summed E-state index contributed by atoms with van der Waals surface area (Å²) in [7, 11) is -4.38. The number of sulfonamides is 1. The summed E-state index contributed by atoms with van der Waals surface area (Å²) < 4.78 is 50.4. The van der Waals surface area contributed by atoms with Crippen molar-refractivity contribution in [1.29, 1.82) is 0 Å². The van der Waals surface area contributed by atoms with Gasteiger partial charge in [-0.05, 0) is 18.2 Å². The third-order valence-electron chi connectivity index (χ3n) is 3.32. The van der Waals surface area contributed by atoms with Crippen LogP contribution in [-0.2, 0) is 10.0 Å². The molecule has 1 heterocycles. The SMILES string of the molecule is O=C(NNS(=O)(=O)c1ccc(F)cc1F)c1c[nH]c2ccccc12. The number of carbonyl (C=O) groups is 1. The predicted molar refractivity (Wildman–Crippen MR) is 82.4 cm³/mol. The van der Waals surface area contributed by atoms with Gasteiger partial charge in [0.2, 0.25) is 0 Å². The van der Waals surface area contributed by atoms with Gasteiger partial charge in [-0.1, -0.05) is 18.2 Å². The molecular formula is C15H11F2N3O3S. The molecule has 0 atom stereocenters. The molecule has 0 saturated carbocycles. The van der Waals surface area contributed by atoms with Crippen LogP contribution in [0.1, 0.15) is 10.4 Å². The molecule has 9 heteroatoms. The zero-order valence-corrected chi connectivity index (χ0v) is 12.8. The fourth-order valence-electron chi connectivity index (χ4n) is 2.19. The van der Waals surface area contributed by atoms with Gasteiger partial charge < -0.3 is 4.98 Å². The van der Waals surface area contributed by atoms with Crippen molar-refractivity contribution in [3.05, 3.63) is 65.9 Å². The van der Waals surface area contributed by atoms with Gasteiger partial charge in [0, 0.05) is 23.2 Å². The van der Waals surface area contributed by atoms with Crippen molar-refractivity contribution >= 4 is 26.8 Å². The highest BCUT2D eigenvalue weighted by Crippen LogP contribution is 2.18. The summed E-state index contributed by atoms with van der Waals surface area (Å²) in [5.41, 5.74) is 2.92. The van der Waals surface area contributed by atoms with Gasteiger partial charge in [-0.15, -0.1) is 4.83 Å². The number of para-hydroxylation sites is 1. The van der Waals surface area contributed by atoms with Crippen molar-refractivity contribution in [1.82, 2.24) is 15.2 Å². The summed E-state index contributed by atoms with van der Waals surface area (Å²) in [6.07, 6.45) is 1.42. The van der Waals surface area contributed by atoms with Gasteiger partial charge in [0.05, 0.1) is 5.56 Å². The van der Waals surface area contributed by atoms with E-state index >= 15 is 0 Å². The molecule has 2 aromatic carbocycles. The first-order chi connectivity index (χ1) is 11.4. The molecule has 0 radical (unpaired) electrons. The Morgan fingerprint density at radius 2 is 1.83 bits per heavy atom. The quantitative estimate of drug-likeness (QED) is 0.629. The number of fused-ring (bicyclic) bond motifs is 1. The Kier molecular flexibility index (Phi) is 4.04. The van der Waals surface area contributed by atoms with Crippen LogP contribution in [0.3, 0.4) is 0 Å². The van der Waals surface area contributed by atoms with Crippen LogP contribution in [0.5, 0.6) is 0 Å². The first-order valence-electron chi connectivity index (χ1n) is 6.72. The number of amides is 1. The van der Waals surface area contributed by atoms with Crippen molar-refractivity contribution in [2.75, 3.05) is 0 Å². The molecule has 1 amide bonds. The second-order valence-corrected chi connectivity index (χ2v) is 6.53. The molecule has 0 aliphatic carbocycles. The summed E-state index contributed by atoms with van der Waals surface area (Å²) in [4.78, 5) is 16.0. The highest BCUT2D eigenvalue weighted by atomic mass is 32.2. The molecule has 0 unspecified atom stereocenters. The second-order valence-electron chi connectivity index (χ2n) is 4.88. The molecule has 0 aliphatic rings. The van der Waals surface area contributed by atoms with Crippen LogP contribution in [0, 0.1) is 11.6 Å². The molecule has 6 nitrogen and oxygen atoms in total. The molecule has 3 aromatic rings. The van der Waals surface area contributed by atoms with Crippen LogP contribution in [0.15, 0.2) is 53.6 Å². The summed E-state index contributed by atoms with van der Waals surface area (Å²) in [6, 6.07) is 8.96.